The Morgan fingerprint density at radius 3 is 2.34 bits per heavy atom. The molecule has 1 aliphatic heterocycles. The lowest BCUT2D eigenvalue weighted by atomic mass is 9.84. The molecule has 0 aliphatic carbocycles. The lowest BCUT2D eigenvalue weighted by Gasteiger charge is -2.40. The summed E-state index contributed by atoms with van der Waals surface area (Å²) in [7, 11) is 0. The monoisotopic (exact) mass is 473 g/mol. The first-order chi connectivity index (χ1) is 15.0. The van der Waals surface area contributed by atoms with E-state index in [0.717, 1.165) is 0 Å². The van der Waals surface area contributed by atoms with E-state index in [1.807, 2.05) is 20.8 Å². The van der Waals surface area contributed by atoms with E-state index in [4.69, 9.17) is 23.2 Å². The predicted molar refractivity (Wildman–Crippen MR) is 122 cm³/mol. The summed E-state index contributed by atoms with van der Waals surface area (Å²) in [4.78, 5) is 42.2. The average Bonchev–Trinajstić information content (AvgIpc) is 3.07. The third kappa shape index (κ3) is 3.72. The van der Waals surface area contributed by atoms with Gasteiger partial charge in [0.15, 0.2) is 0 Å². The molecule has 2 amide bonds. The Morgan fingerprint density at radius 1 is 1.12 bits per heavy atom. The van der Waals surface area contributed by atoms with Gasteiger partial charge in [-0.15, -0.1) is 0 Å². The van der Waals surface area contributed by atoms with Crippen molar-refractivity contribution in [1.29, 1.82) is 0 Å². The maximum Gasteiger partial charge on any atom is 0.352 e. The number of carboxylic acid groups (broad SMARTS) is 1. The highest BCUT2D eigenvalue weighted by molar-refractivity contribution is 6.31. The van der Waals surface area contributed by atoms with Gasteiger partial charge in [0.25, 0.3) is 0 Å². The second-order valence-electron chi connectivity index (χ2n) is 8.78. The van der Waals surface area contributed by atoms with Crippen LogP contribution in [0.1, 0.15) is 60.0 Å². The highest BCUT2D eigenvalue weighted by atomic mass is 35.5. The number of rotatable bonds is 4. The number of amides is 2. The number of aromatic nitrogens is 1. The Morgan fingerprint density at radius 2 is 1.78 bits per heavy atom. The van der Waals surface area contributed by atoms with Crippen LogP contribution in [0.15, 0.2) is 36.4 Å². The molecule has 4 rings (SSSR count). The van der Waals surface area contributed by atoms with E-state index in [-0.39, 0.29) is 11.3 Å². The first-order valence-corrected chi connectivity index (χ1v) is 10.7. The molecular weight excluding hydrogens is 453 g/mol. The van der Waals surface area contributed by atoms with Gasteiger partial charge in [0, 0.05) is 32.1 Å². The number of aromatic carboxylic acids is 1. The van der Waals surface area contributed by atoms with Crippen LogP contribution in [0, 0.1) is 0 Å². The zero-order chi connectivity index (χ0) is 23.4. The molecule has 3 aromatic rings. The number of benzene rings is 2. The Balaban J connectivity index is 2.07. The van der Waals surface area contributed by atoms with Gasteiger partial charge in [-0.25, -0.2) is 4.79 Å². The fourth-order valence-corrected chi connectivity index (χ4v) is 4.65. The van der Waals surface area contributed by atoms with Crippen LogP contribution >= 0.6 is 23.2 Å². The number of nitrogens with zero attached hydrogens (tertiary/aromatic N) is 1. The van der Waals surface area contributed by atoms with E-state index in [9.17, 15) is 19.5 Å². The zero-order valence-corrected chi connectivity index (χ0v) is 19.1. The summed E-state index contributed by atoms with van der Waals surface area (Å²) in [5.74, 6) is -1.71. The summed E-state index contributed by atoms with van der Waals surface area (Å²) in [6.07, 6.45) is 0.570. The van der Waals surface area contributed by atoms with E-state index >= 15 is 0 Å². The number of halogens is 2. The van der Waals surface area contributed by atoms with Gasteiger partial charge < -0.3 is 20.3 Å². The maximum absolute atomic E-state index is 13.4. The standard InChI is InChI=1S/C23H21Cl2N3O4/c1-23(2,3)27-21(30)20-17-16-14(8-13(25)9-15(16)26-18(17)22(31)32)19(28(20)10-29)11-4-6-12(24)7-5-11/h4-10,19-20,26H,1-3H3,(H,27,30)(H,31,32)/t19-,20?/m1/s1. The maximum atomic E-state index is 13.4. The van der Waals surface area contributed by atoms with Crippen LogP contribution in [0.25, 0.3) is 10.9 Å². The van der Waals surface area contributed by atoms with Crippen molar-refractivity contribution in [3.8, 4) is 0 Å². The highest BCUT2D eigenvalue weighted by Gasteiger charge is 2.44. The lowest BCUT2D eigenvalue weighted by Crippen LogP contribution is -2.49. The summed E-state index contributed by atoms with van der Waals surface area (Å²) < 4.78 is 0. The van der Waals surface area contributed by atoms with Crippen molar-refractivity contribution in [3.05, 3.63) is 68.8 Å². The van der Waals surface area contributed by atoms with Gasteiger partial charge in [-0.05, 0) is 56.2 Å². The van der Waals surface area contributed by atoms with Crippen molar-refractivity contribution >= 4 is 52.4 Å². The normalized spacial score (nSPS) is 18.0. The molecule has 1 aliphatic rings. The molecule has 2 aromatic carbocycles. The summed E-state index contributed by atoms with van der Waals surface area (Å²) in [5.41, 5.74) is 1.30. The molecule has 9 heteroatoms. The van der Waals surface area contributed by atoms with Gasteiger partial charge in [0.2, 0.25) is 12.3 Å². The third-order valence-electron chi connectivity index (χ3n) is 5.36. The fraction of sp³-hybridized carbons (Fsp3) is 0.261. The highest BCUT2D eigenvalue weighted by Crippen LogP contribution is 2.48. The third-order valence-corrected chi connectivity index (χ3v) is 5.83. The number of hydrogen-bond donors (Lipinski definition) is 3. The van der Waals surface area contributed by atoms with Crippen molar-refractivity contribution in [1.82, 2.24) is 15.2 Å². The second-order valence-corrected chi connectivity index (χ2v) is 9.66. The number of H-pyrrole nitrogens is 1. The molecule has 0 saturated carbocycles. The molecule has 166 valence electrons. The van der Waals surface area contributed by atoms with Gasteiger partial charge >= 0.3 is 5.97 Å². The molecular formula is C23H21Cl2N3O4. The largest absolute Gasteiger partial charge is 0.477 e. The number of carboxylic acids is 1. The van der Waals surface area contributed by atoms with Crippen LogP contribution in [0.3, 0.4) is 0 Å². The molecule has 0 radical (unpaired) electrons. The summed E-state index contributed by atoms with van der Waals surface area (Å²) in [6.45, 7) is 5.44. The van der Waals surface area contributed by atoms with E-state index in [0.29, 0.717) is 38.5 Å². The van der Waals surface area contributed by atoms with Crippen LogP contribution < -0.4 is 5.32 Å². The second kappa shape index (κ2) is 7.83. The Kier molecular flexibility index (Phi) is 5.43. The number of aromatic amines is 1. The van der Waals surface area contributed by atoms with Crippen LogP contribution in [-0.4, -0.2) is 38.8 Å². The Hall–Kier alpha value is -3.03. The molecule has 2 atom stereocenters. The molecule has 0 spiro atoms. The first kappa shape index (κ1) is 22.2. The van der Waals surface area contributed by atoms with Crippen LogP contribution in [0.4, 0.5) is 0 Å². The molecule has 3 N–H and O–H groups in total. The fourth-order valence-electron chi connectivity index (χ4n) is 4.29. The lowest BCUT2D eigenvalue weighted by molar-refractivity contribution is -0.136. The summed E-state index contributed by atoms with van der Waals surface area (Å²) in [6, 6.07) is 8.40. The van der Waals surface area contributed by atoms with Gasteiger partial charge in [-0.2, -0.15) is 0 Å². The van der Waals surface area contributed by atoms with Crippen molar-refractivity contribution in [2.24, 2.45) is 0 Å². The minimum absolute atomic E-state index is 0.154. The molecule has 0 fully saturated rings. The van der Waals surface area contributed by atoms with Crippen LogP contribution in [0.5, 0.6) is 0 Å². The summed E-state index contributed by atoms with van der Waals surface area (Å²) in [5, 5.41) is 14.2. The van der Waals surface area contributed by atoms with E-state index < -0.39 is 29.5 Å². The average molecular weight is 474 g/mol. The van der Waals surface area contributed by atoms with Crippen molar-refractivity contribution in [2.75, 3.05) is 0 Å². The molecule has 2 heterocycles. The molecule has 0 saturated heterocycles. The van der Waals surface area contributed by atoms with E-state index in [1.165, 1.54) is 4.90 Å². The van der Waals surface area contributed by atoms with E-state index in [2.05, 4.69) is 10.3 Å². The number of carbonyl (C=O) groups is 3. The minimum Gasteiger partial charge on any atom is -0.477 e. The first-order valence-electron chi connectivity index (χ1n) is 9.90. The van der Waals surface area contributed by atoms with Crippen LogP contribution in [-0.2, 0) is 9.59 Å². The number of nitrogens with one attached hydrogen (secondary N) is 2. The molecule has 0 bridgehead atoms. The van der Waals surface area contributed by atoms with E-state index in [1.54, 1.807) is 36.4 Å². The molecule has 1 unspecified atom stereocenters. The Bertz CT molecular complexity index is 1240. The number of carbonyl (C=O) groups excluding carboxylic acids is 2. The van der Waals surface area contributed by atoms with Crippen molar-refractivity contribution in [2.45, 2.75) is 38.4 Å². The SMILES string of the molecule is CC(C)(C)NC(=O)C1c2c(C(=O)O)[nH]c3cc(Cl)cc(c23)[C@@H](c2ccc(Cl)cc2)N1C=O. The summed E-state index contributed by atoms with van der Waals surface area (Å²) >= 11 is 12.4. The molecule has 7 nitrogen and oxygen atoms in total. The Labute approximate surface area is 194 Å². The van der Waals surface area contributed by atoms with Gasteiger partial charge in [0.05, 0.1) is 6.04 Å². The van der Waals surface area contributed by atoms with Gasteiger partial charge in [-0.1, -0.05) is 35.3 Å². The number of hydrogen-bond acceptors (Lipinski definition) is 3. The quantitative estimate of drug-likeness (QED) is 0.478. The van der Waals surface area contributed by atoms with Crippen molar-refractivity contribution in [3.63, 3.8) is 0 Å². The zero-order valence-electron chi connectivity index (χ0n) is 17.6. The van der Waals surface area contributed by atoms with Crippen molar-refractivity contribution < 1.29 is 19.5 Å². The van der Waals surface area contributed by atoms with Gasteiger partial charge in [-0.3, -0.25) is 9.59 Å². The molecule has 32 heavy (non-hydrogen) atoms. The minimum atomic E-state index is -1.23. The predicted octanol–water partition coefficient (Wildman–Crippen LogP) is 4.69. The topological polar surface area (TPSA) is 102 Å². The smallest absolute Gasteiger partial charge is 0.352 e. The van der Waals surface area contributed by atoms with Gasteiger partial charge in [0.1, 0.15) is 11.7 Å². The van der Waals surface area contributed by atoms with Crippen LogP contribution in [0.2, 0.25) is 10.0 Å². The molecule has 1 aromatic heterocycles.